The quantitative estimate of drug-likeness (QED) is 0.556. The lowest BCUT2D eigenvalue weighted by atomic mass is 10.1. The molecule has 0 aliphatic carbocycles. The second kappa shape index (κ2) is 7.50. The first-order valence-corrected chi connectivity index (χ1v) is 9.06. The predicted octanol–water partition coefficient (Wildman–Crippen LogP) is 4.37. The van der Waals surface area contributed by atoms with Gasteiger partial charge in [0.15, 0.2) is 0 Å². The normalized spacial score (nSPS) is 12.2. The standard InChI is InChI=1S/C22H21N3O2/c1-16(8-13-19-5-4-14-27-19)24-22(26)17-9-11-18(12-10-17)25-15-23-20-6-2-3-7-21(20)25/h2-7,9-12,14-16H,8,13H2,1H3,(H,24,26). The van der Waals surface area contributed by atoms with Crippen LogP contribution in [0.1, 0.15) is 29.5 Å². The Bertz CT molecular complexity index is 1030. The number of para-hydroxylation sites is 2. The third-order valence-electron chi connectivity index (χ3n) is 4.64. The molecule has 0 spiro atoms. The first-order valence-electron chi connectivity index (χ1n) is 9.06. The van der Waals surface area contributed by atoms with E-state index in [-0.39, 0.29) is 11.9 Å². The minimum Gasteiger partial charge on any atom is -0.469 e. The van der Waals surface area contributed by atoms with Crippen LogP contribution in [0.3, 0.4) is 0 Å². The number of fused-ring (bicyclic) bond motifs is 1. The van der Waals surface area contributed by atoms with E-state index in [1.807, 2.05) is 72.2 Å². The Morgan fingerprint density at radius 1 is 1.11 bits per heavy atom. The number of carbonyl (C=O) groups excluding carboxylic acids is 1. The van der Waals surface area contributed by atoms with E-state index in [2.05, 4.69) is 10.3 Å². The van der Waals surface area contributed by atoms with Crippen molar-refractivity contribution >= 4 is 16.9 Å². The van der Waals surface area contributed by atoms with E-state index >= 15 is 0 Å². The molecule has 2 aromatic carbocycles. The molecule has 0 bridgehead atoms. The summed E-state index contributed by atoms with van der Waals surface area (Å²) in [6, 6.07) is 19.5. The van der Waals surface area contributed by atoms with Crippen LogP contribution in [0.2, 0.25) is 0 Å². The molecule has 136 valence electrons. The third kappa shape index (κ3) is 3.77. The molecule has 1 atom stereocenters. The van der Waals surface area contributed by atoms with Crippen molar-refractivity contribution in [2.75, 3.05) is 0 Å². The van der Waals surface area contributed by atoms with Gasteiger partial charge in [0.2, 0.25) is 0 Å². The van der Waals surface area contributed by atoms with Crippen LogP contribution in [0.25, 0.3) is 16.7 Å². The van der Waals surface area contributed by atoms with Gasteiger partial charge in [0.05, 0.1) is 17.3 Å². The van der Waals surface area contributed by atoms with Crippen LogP contribution < -0.4 is 5.32 Å². The Labute approximate surface area is 157 Å². The molecule has 2 aromatic heterocycles. The molecule has 5 heteroatoms. The van der Waals surface area contributed by atoms with Gasteiger partial charge in [0.1, 0.15) is 12.1 Å². The summed E-state index contributed by atoms with van der Waals surface area (Å²) in [6.07, 6.45) is 5.11. The van der Waals surface area contributed by atoms with Crippen LogP contribution in [-0.2, 0) is 6.42 Å². The van der Waals surface area contributed by atoms with Gasteiger partial charge in [0, 0.05) is 23.7 Å². The zero-order chi connectivity index (χ0) is 18.6. The lowest BCUT2D eigenvalue weighted by Gasteiger charge is -2.13. The highest BCUT2D eigenvalue weighted by Gasteiger charge is 2.11. The summed E-state index contributed by atoms with van der Waals surface area (Å²) in [5, 5.41) is 3.04. The molecule has 0 saturated heterocycles. The molecule has 1 amide bonds. The molecule has 0 saturated carbocycles. The summed E-state index contributed by atoms with van der Waals surface area (Å²) in [6.45, 7) is 2.01. The molecule has 0 aliphatic rings. The number of rotatable bonds is 6. The first-order chi connectivity index (χ1) is 13.2. The molecule has 2 heterocycles. The van der Waals surface area contributed by atoms with Crippen molar-refractivity contribution in [3.05, 3.63) is 84.6 Å². The number of aryl methyl sites for hydroxylation is 1. The fourth-order valence-electron chi connectivity index (χ4n) is 3.13. The molecule has 1 N–H and O–H groups in total. The molecular formula is C22H21N3O2. The summed E-state index contributed by atoms with van der Waals surface area (Å²) in [4.78, 5) is 16.9. The first kappa shape index (κ1) is 17.1. The Kier molecular flexibility index (Phi) is 4.75. The van der Waals surface area contributed by atoms with Crippen LogP contribution in [0, 0.1) is 0 Å². The average Bonchev–Trinajstić information content (AvgIpc) is 3.36. The summed E-state index contributed by atoms with van der Waals surface area (Å²) in [5.41, 5.74) is 3.62. The molecular weight excluding hydrogens is 338 g/mol. The number of nitrogens with zero attached hydrogens (tertiary/aromatic N) is 2. The van der Waals surface area contributed by atoms with Crippen LogP contribution in [0.5, 0.6) is 0 Å². The van der Waals surface area contributed by atoms with Gasteiger partial charge < -0.3 is 9.73 Å². The van der Waals surface area contributed by atoms with Crippen molar-refractivity contribution in [1.29, 1.82) is 0 Å². The fraction of sp³-hybridized carbons (Fsp3) is 0.182. The number of hydrogen-bond acceptors (Lipinski definition) is 3. The molecule has 27 heavy (non-hydrogen) atoms. The van der Waals surface area contributed by atoms with Crippen molar-refractivity contribution in [3.63, 3.8) is 0 Å². The summed E-state index contributed by atoms with van der Waals surface area (Å²) >= 11 is 0. The number of benzene rings is 2. The van der Waals surface area contributed by atoms with Gasteiger partial charge in [-0.25, -0.2) is 4.98 Å². The minimum atomic E-state index is -0.0658. The van der Waals surface area contributed by atoms with E-state index in [1.165, 1.54) is 0 Å². The van der Waals surface area contributed by atoms with Crippen LogP contribution in [0.4, 0.5) is 0 Å². The van der Waals surface area contributed by atoms with Gasteiger partial charge in [0.25, 0.3) is 5.91 Å². The van der Waals surface area contributed by atoms with E-state index in [4.69, 9.17) is 4.42 Å². The van der Waals surface area contributed by atoms with Gasteiger partial charge in [-0.05, 0) is 61.9 Å². The van der Waals surface area contributed by atoms with Crippen molar-refractivity contribution in [1.82, 2.24) is 14.9 Å². The van der Waals surface area contributed by atoms with Gasteiger partial charge in [-0.2, -0.15) is 0 Å². The van der Waals surface area contributed by atoms with E-state index < -0.39 is 0 Å². The molecule has 4 aromatic rings. The second-order valence-corrected chi connectivity index (χ2v) is 6.64. The minimum absolute atomic E-state index is 0.0658. The molecule has 0 fully saturated rings. The third-order valence-corrected chi connectivity index (χ3v) is 4.64. The Morgan fingerprint density at radius 2 is 1.93 bits per heavy atom. The Morgan fingerprint density at radius 3 is 2.70 bits per heavy atom. The molecule has 0 radical (unpaired) electrons. The highest BCUT2D eigenvalue weighted by atomic mass is 16.3. The Balaban J connectivity index is 1.41. The monoisotopic (exact) mass is 359 g/mol. The lowest BCUT2D eigenvalue weighted by Crippen LogP contribution is -2.32. The number of aromatic nitrogens is 2. The van der Waals surface area contributed by atoms with Crippen LogP contribution >= 0.6 is 0 Å². The highest BCUT2D eigenvalue weighted by Crippen LogP contribution is 2.18. The maximum absolute atomic E-state index is 12.5. The van der Waals surface area contributed by atoms with E-state index in [0.717, 1.165) is 35.3 Å². The summed E-state index contributed by atoms with van der Waals surface area (Å²) in [7, 11) is 0. The van der Waals surface area contributed by atoms with Crippen LogP contribution in [-0.4, -0.2) is 21.5 Å². The molecule has 5 nitrogen and oxygen atoms in total. The Hall–Kier alpha value is -3.34. The maximum atomic E-state index is 12.5. The van der Waals surface area contributed by atoms with Crippen molar-refractivity contribution in [3.8, 4) is 5.69 Å². The van der Waals surface area contributed by atoms with Crippen molar-refractivity contribution < 1.29 is 9.21 Å². The number of imidazole rings is 1. The highest BCUT2D eigenvalue weighted by molar-refractivity contribution is 5.94. The largest absolute Gasteiger partial charge is 0.469 e. The zero-order valence-electron chi connectivity index (χ0n) is 15.1. The van der Waals surface area contributed by atoms with Gasteiger partial charge in [-0.15, -0.1) is 0 Å². The SMILES string of the molecule is CC(CCc1ccco1)NC(=O)c1ccc(-n2cnc3ccccc32)cc1. The topological polar surface area (TPSA) is 60.1 Å². The zero-order valence-corrected chi connectivity index (χ0v) is 15.1. The number of carbonyl (C=O) groups is 1. The van der Waals surface area contributed by atoms with E-state index in [1.54, 1.807) is 12.6 Å². The smallest absolute Gasteiger partial charge is 0.251 e. The van der Waals surface area contributed by atoms with Gasteiger partial charge >= 0.3 is 0 Å². The maximum Gasteiger partial charge on any atom is 0.251 e. The number of nitrogens with one attached hydrogen (secondary N) is 1. The van der Waals surface area contributed by atoms with Crippen molar-refractivity contribution in [2.24, 2.45) is 0 Å². The van der Waals surface area contributed by atoms with Gasteiger partial charge in [-0.1, -0.05) is 12.1 Å². The van der Waals surface area contributed by atoms with Crippen molar-refractivity contribution in [2.45, 2.75) is 25.8 Å². The summed E-state index contributed by atoms with van der Waals surface area (Å²) < 4.78 is 7.35. The number of amides is 1. The molecule has 4 rings (SSSR count). The predicted molar refractivity (Wildman–Crippen MR) is 105 cm³/mol. The van der Waals surface area contributed by atoms with Crippen LogP contribution in [0.15, 0.2) is 77.7 Å². The number of furan rings is 1. The lowest BCUT2D eigenvalue weighted by molar-refractivity contribution is 0.0938. The number of hydrogen-bond donors (Lipinski definition) is 1. The average molecular weight is 359 g/mol. The molecule has 0 aliphatic heterocycles. The fourth-order valence-corrected chi connectivity index (χ4v) is 3.13. The van der Waals surface area contributed by atoms with E-state index in [9.17, 15) is 4.79 Å². The second-order valence-electron chi connectivity index (χ2n) is 6.64. The van der Waals surface area contributed by atoms with E-state index in [0.29, 0.717) is 5.56 Å². The molecule has 1 unspecified atom stereocenters. The van der Waals surface area contributed by atoms with Gasteiger partial charge in [-0.3, -0.25) is 9.36 Å². The summed E-state index contributed by atoms with van der Waals surface area (Å²) in [5.74, 6) is 0.872.